The van der Waals surface area contributed by atoms with E-state index >= 15 is 0 Å². The van der Waals surface area contributed by atoms with E-state index in [0.717, 1.165) is 6.26 Å². The van der Waals surface area contributed by atoms with Gasteiger partial charge in [0.05, 0.1) is 17.5 Å². The molecule has 1 aromatic carbocycles. The fourth-order valence-electron chi connectivity index (χ4n) is 2.35. The van der Waals surface area contributed by atoms with Gasteiger partial charge in [0.15, 0.2) is 0 Å². The van der Waals surface area contributed by atoms with Crippen molar-refractivity contribution < 1.29 is 17.6 Å². The van der Waals surface area contributed by atoms with Gasteiger partial charge in [0.25, 0.3) is 5.91 Å². The molecule has 1 saturated heterocycles. The van der Waals surface area contributed by atoms with E-state index in [0.29, 0.717) is 13.1 Å². The van der Waals surface area contributed by atoms with Crippen molar-refractivity contribution in [2.45, 2.75) is 0 Å². The Morgan fingerprint density at radius 3 is 2.38 bits per heavy atom. The number of anilines is 1. The molecule has 0 bridgehead atoms. The zero-order valence-electron chi connectivity index (χ0n) is 12.0. The van der Waals surface area contributed by atoms with Crippen molar-refractivity contribution in [2.75, 3.05) is 44.8 Å². The summed E-state index contributed by atoms with van der Waals surface area (Å²) in [5, 5.41) is 2.69. The summed E-state index contributed by atoms with van der Waals surface area (Å²) in [5.74, 6) is -0.787. The molecule has 0 aromatic heterocycles. The molecule has 1 aliphatic rings. The van der Waals surface area contributed by atoms with Gasteiger partial charge < -0.3 is 10.2 Å². The number of piperazine rings is 1. The zero-order valence-corrected chi connectivity index (χ0v) is 12.8. The maximum atomic E-state index is 13.7. The zero-order chi connectivity index (χ0) is 15.6. The van der Waals surface area contributed by atoms with Gasteiger partial charge in [-0.2, -0.15) is 4.31 Å². The van der Waals surface area contributed by atoms with Crippen LogP contribution in [-0.2, 0) is 10.0 Å². The number of para-hydroxylation sites is 1. The Balaban J connectivity index is 2.15. The van der Waals surface area contributed by atoms with Crippen LogP contribution in [-0.4, -0.2) is 63.0 Å². The molecule has 0 saturated carbocycles. The summed E-state index contributed by atoms with van der Waals surface area (Å²) >= 11 is 0. The molecule has 0 aliphatic carbocycles. The Hall–Kier alpha value is -1.67. The molecular weight excluding hydrogens is 297 g/mol. The van der Waals surface area contributed by atoms with Crippen LogP contribution in [0.1, 0.15) is 10.4 Å². The molecule has 0 unspecified atom stereocenters. The van der Waals surface area contributed by atoms with Gasteiger partial charge in [-0.1, -0.05) is 6.07 Å². The van der Waals surface area contributed by atoms with E-state index in [4.69, 9.17) is 0 Å². The number of carbonyl (C=O) groups is 1. The van der Waals surface area contributed by atoms with E-state index in [1.54, 1.807) is 13.1 Å². The van der Waals surface area contributed by atoms with E-state index in [1.165, 1.54) is 21.3 Å². The van der Waals surface area contributed by atoms with E-state index < -0.39 is 15.8 Å². The van der Waals surface area contributed by atoms with Crippen LogP contribution in [0.25, 0.3) is 0 Å². The lowest BCUT2D eigenvalue weighted by Gasteiger charge is -2.33. The van der Waals surface area contributed by atoms with Gasteiger partial charge in [-0.3, -0.25) is 4.79 Å². The molecule has 1 N–H and O–H groups in total. The van der Waals surface area contributed by atoms with Crippen LogP contribution in [0, 0.1) is 5.82 Å². The Kier molecular flexibility index (Phi) is 4.48. The first kappa shape index (κ1) is 15.7. The largest absolute Gasteiger partial charge is 0.385 e. The molecule has 116 valence electrons. The number of halogens is 1. The predicted octanol–water partition coefficient (Wildman–Crippen LogP) is 0.585. The predicted molar refractivity (Wildman–Crippen MR) is 78.3 cm³/mol. The Morgan fingerprint density at radius 2 is 1.86 bits per heavy atom. The van der Waals surface area contributed by atoms with Gasteiger partial charge in [0.2, 0.25) is 10.0 Å². The fraction of sp³-hybridized carbons (Fsp3) is 0.462. The lowest BCUT2D eigenvalue weighted by atomic mass is 10.1. The van der Waals surface area contributed by atoms with Gasteiger partial charge >= 0.3 is 0 Å². The van der Waals surface area contributed by atoms with Crippen molar-refractivity contribution >= 4 is 21.6 Å². The molecule has 8 heteroatoms. The second-order valence-electron chi connectivity index (χ2n) is 4.87. The van der Waals surface area contributed by atoms with Crippen molar-refractivity contribution in [2.24, 2.45) is 0 Å². The number of nitrogens with one attached hydrogen (secondary N) is 1. The minimum Gasteiger partial charge on any atom is -0.385 e. The summed E-state index contributed by atoms with van der Waals surface area (Å²) in [4.78, 5) is 14.0. The lowest BCUT2D eigenvalue weighted by Crippen LogP contribution is -2.50. The van der Waals surface area contributed by atoms with Crippen molar-refractivity contribution in [3.63, 3.8) is 0 Å². The van der Waals surface area contributed by atoms with Gasteiger partial charge in [-0.05, 0) is 12.1 Å². The minimum absolute atomic E-state index is 0.160. The smallest absolute Gasteiger partial charge is 0.256 e. The molecule has 2 rings (SSSR count). The molecule has 0 spiro atoms. The topological polar surface area (TPSA) is 69.7 Å². The van der Waals surface area contributed by atoms with Crippen molar-refractivity contribution in [1.82, 2.24) is 9.21 Å². The maximum absolute atomic E-state index is 13.7. The lowest BCUT2D eigenvalue weighted by molar-refractivity contribution is 0.0699. The van der Waals surface area contributed by atoms with E-state index in [2.05, 4.69) is 5.32 Å². The monoisotopic (exact) mass is 315 g/mol. The minimum atomic E-state index is -3.24. The third-order valence-corrected chi connectivity index (χ3v) is 4.79. The number of carbonyl (C=O) groups excluding carboxylic acids is 1. The van der Waals surface area contributed by atoms with Gasteiger partial charge in [0, 0.05) is 33.2 Å². The highest BCUT2D eigenvalue weighted by atomic mass is 32.2. The van der Waals surface area contributed by atoms with E-state index in [1.807, 2.05) is 0 Å². The number of benzene rings is 1. The summed E-state index contributed by atoms with van der Waals surface area (Å²) in [5.41, 5.74) is 0.415. The molecule has 1 aliphatic heterocycles. The molecule has 6 nitrogen and oxygen atoms in total. The first-order chi connectivity index (χ1) is 9.84. The fourth-order valence-corrected chi connectivity index (χ4v) is 3.18. The van der Waals surface area contributed by atoms with Crippen LogP contribution >= 0.6 is 0 Å². The molecule has 1 amide bonds. The molecular formula is C13H18FN3O3S. The summed E-state index contributed by atoms with van der Waals surface area (Å²) in [7, 11) is -1.68. The second kappa shape index (κ2) is 5.98. The maximum Gasteiger partial charge on any atom is 0.256 e. The average molecular weight is 315 g/mol. The van der Waals surface area contributed by atoms with Gasteiger partial charge in [0.1, 0.15) is 5.82 Å². The van der Waals surface area contributed by atoms with Crippen molar-refractivity contribution in [3.8, 4) is 0 Å². The summed E-state index contributed by atoms with van der Waals surface area (Å²) in [6, 6.07) is 4.32. The SMILES string of the molecule is CNc1c(F)cccc1C(=O)N1CCN(S(C)(=O)=O)CC1. The first-order valence-electron chi connectivity index (χ1n) is 6.55. The highest BCUT2D eigenvalue weighted by Crippen LogP contribution is 2.21. The van der Waals surface area contributed by atoms with Crippen molar-refractivity contribution in [3.05, 3.63) is 29.6 Å². The van der Waals surface area contributed by atoms with Gasteiger partial charge in [-0.25, -0.2) is 12.8 Å². The van der Waals surface area contributed by atoms with E-state index in [9.17, 15) is 17.6 Å². The summed E-state index contributed by atoms with van der Waals surface area (Å²) in [6.07, 6.45) is 1.15. The van der Waals surface area contributed by atoms with Crippen LogP contribution in [0.3, 0.4) is 0 Å². The third kappa shape index (κ3) is 3.33. The number of hydrogen-bond acceptors (Lipinski definition) is 4. The summed E-state index contributed by atoms with van der Waals surface area (Å²) < 4.78 is 37.9. The highest BCUT2D eigenvalue weighted by molar-refractivity contribution is 7.88. The number of sulfonamides is 1. The van der Waals surface area contributed by atoms with Crippen LogP contribution in [0.2, 0.25) is 0 Å². The Bertz CT molecular complexity index is 640. The first-order valence-corrected chi connectivity index (χ1v) is 8.40. The Morgan fingerprint density at radius 1 is 1.24 bits per heavy atom. The molecule has 0 radical (unpaired) electrons. The quantitative estimate of drug-likeness (QED) is 0.886. The molecule has 1 aromatic rings. The third-order valence-electron chi connectivity index (χ3n) is 3.49. The van der Waals surface area contributed by atoms with Crippen LogP contribution < -0.4 is 5.32 Å². The number of amides is 1. The van der Waals surface area contributed by atoms with Crippen LogP contribution in [0.5, 0.6) is 0 Å². The molecule has 21 heavy (non-hydrogen) atoms. The molecule has 1 fully saturated rings. The second-order valence-corrected chi connectivity index (χ2v) is 6.85. The number of nitrogens with zero attached hydrogens (tertiary/aromatic N) is 2. The van der Waals surface area contributed by atoms with Gasteiger partial charge in [-0.15, -0.1) is 0 Å². The van der Waals surface area contributed by atoms with Crippen molar-refractivity contribution in [1.29, 1.82) is 0 Å². The molecule has 0 atom stereocenters. The van der Waals surface area contributed by atoms with E-state index in [-0.39, 0.29) is 30.2 Å². The average Bonchev–Trinajstić information content (AvgIpc) is 2.45. The number of rotatable bonds is 3. The Labute approximate surface area is 123 Å². The normalized spacial score (nSPS) is 16.8. The van der Waals surface area contributed by atoms with Crippen LogP contribution in [0.4, 0.5) is 10.1 Å². The standard InChI is InChI=1S/C13H18FN3O3S/c1-15-12-10(4-3-5-11(12)14)13(18)16-6-8-17(9-7-16)21(2,19)20/h3-5,15H,6-9H2,1-2H3. The molecule has 1 heterocycles. The van der Waals surface area contributed by atoms with Crippen LogP contribution in [0.15, 0.2) is 18.2 Å². The summed E-state index contributed by atoms with van der Waals surface area (Å²) in [6.45, 7) is 1.11. The highest BCUT2D eigenvalue weighted by Gasteiger charge is 2.27. The number of hydrogen-bond donors (Lipinski definition) is 1.